The van der Waals surface area contributed by atoms with E-state index in [1.165, 1.54) is 5.01 Å². The van der Waals surface area contributed by atoms with E-state index in [-0.39, 0.29) is 22.8 Å². The van der Waals surface area contributed by atoms with Gasteiger partial charge in [0.15, 0.2) is 0 Å². The summed E-state index contributed by atoms with van der Waals surface area (Å²) in [4.78, 5) is 16.0. The highest BCUT2D eigenvalue weighted by Crippen LogP contribution is 2.31. The summed E-state index contributed by atoms with van der Waals surface area (Å²) in [5.74, 6) is 0. The summed E-state index contributed by atoms with van der Waals surface area (Å²) in [5.41, 5.74) is 2.91. The normalized spacial score (nSPS) is 11.8. The molecule has 11 nitrogen and oxygen atoms in total. The van der Waals surface area contributed by atoms with E-state index in [9.17, 15) is 10.1 Å². The van der Waals surface area contributed by atoms with E-state index in [2.05, 4.69) is 25.9 Å². The van der Waals surface area contributed by atoms with Crippen LogP contribution in [0.1, 0.15) is 32.0 Å². The Bertz CT molecular complexity index is 1420. The highest BCUT2D eigenvalue weighted by Gasteiger charge is 2.24. The van der Waals surface area contributed by atoms with Gasteiger partial charge in [-0.05, 0) is 73.7 Å². The number of anilines is 2. The molecule has 35 heavy (non-hydrogen) atoms. The largest absolute Gasteiger partial charge is 0.411 e. The van der Waals surface area contributed by atoms with Crippen molar-refractivity contribution in [1.29, 1.82) is 0 Å². The Kier molecular flexibility index (Phi) is 6.52. The van der Waals surface area contributed by atoms with Crippen LogP contribution in [0.4, 0.5) is 11.4 Å². The Labute approximate surface area is 205 Å². The summed E-state index contributed by atoms with van der Waals surface area (Å²) in [6.45, 7) is 5.82. The fourth-order valence-electron chi connectivity index (χ4n) is 3.56. The molecule has 0 saturated heterocycles. The van der Waals surface area contributed by atoms with E-state index in [0.717, 1.165) is 17.3 Å². The van der Waals surface area contributed by atoms with Crippen LogP contribution in [0.5, 0.6) is 0 Å². The monoisotopic (exact) mass is 495 g/mol. The number of rotatable bonds is 7. The number of hydrogen-bond donors (Lipinski definition) is 2. The lowest BCUT2D eigenvalue weighted by atomic mass is 10.0. The third kappa shape index (κ3) is 5.14. The number of aromatic nitrogens is 3. The fourth-order valence-corrected chi connectivity index (χ4v) is 3.72. The average Bonchev–Trinajstić information content (AvgIpc) is 3.17. The second-order valence-corrected chi connectivity index (χ2v) is 9.22. The predicted octanol–water partition coefficient (Wildman–Crippen LogP) is 5.01. The predicted molar refractivity (Wildman–Crippen MR) is 131 cm³/mol. The van der Waals surface area contributed by atoms with Crippen LogP contribution in [-0.2, 0) is 6.54 Å². The van der Waals surface area contributed by atoms with Crippen LogP contribution in [0.15, 0.2) is 63.7 Å². The van der Waals surface area contributed by atoms with Crippen molar-refractivity contribution >= 4 is 40.1 Å². The minimum Gasteiger partial charge on any atom is -0.411 e. The van der Waals surface area contributed by atoms with Crippen molar-refractivity contribution in [1.82, 2.24) is 15.1 Å². The lowest BCUT2D eigenvalue weighted by Gasteiger charge is -2.30. The summed E-state index contributed by atoms with van der Waals surface area (Å²) in [6, 6.07) is 12.6. The number of halogens is 1. The Balaban J connectivity index is 1.83. The van der Waals surface area contributed by atoms with Crippen LogP contribution in [0.2, 0.25) is 5.02 Å². The van der Waals surface area contributed by atoms with E-state index in [0.29, 0.717) is 27.4 Å². The number of nitrogens with zero attached hydrogens (tertiary/aromatic N) is 6. The molecule has 0 bridgehead atoms. The van der Waals surface area contributed by atoms with Crippen molar-refractivity contribution in [3.8, 4) is 11.3 Å². The quantitative estimate of drug-likeness (QED) is 0.120. The molecule has 2 aromatic carbocycles. The first-order chi connectivity index (χ1) is 16.7. The zero-order valence-electron chi connectivity index (χ0n) is 19.1. The van der Waals surface area contributed by atoms with E-state index < -0.39 is 5.54 Å². The molecule has 0 spiro atoms. The molecule has 4 aromatic rings. The number of benzene rings is 2. The molecular weight excluding hydrogens is 474 g/mol. The molecule has 180 valence electrons. The van der Waals surface area contributed by atoms with Gasteiger partial charge in [-0.3, -0.25) is 14.6 Å². The van der Waals surface area contributed by atoms with Crippen molar-refractivity contribution < 1.29 is 14.7 Å². The van der Waals surface area contributed by atoms with E-state index in [4.69, 9.17) is 21.4 Å². The Morgan fingerprint density at radius 2 is 2.06 bits per heavy atom. The van der Waals surface area contributed by atoms with E-state index in [1.807, 2.05) is 39.0 Å². The Hall–Kier alpha value is -4.25. The third-order valence-electron chi connectivity index (χ3n) is 5.28. The van der Waals surface area contributed by atoms with Gasteiger partial charge in [0, 0.05) is 38.7 Å². The molecule has 0 amide bonds. The van der Waals surface area contributed by atoms with Gasteiger partial charge >= 0.3 is 0 Å². The summed E-state index contributed by atoms with van der Waals surface area (Å²) >= 11 is 6.11. The molecular formula is C23H22ClN7O4. The molecule has 0 aliphatic heterocycles. The number of fused-ring (bicyclic) bond motifs is 1. The van der Waals surface area contributed by atoms with Crippen LogP contribution in [-0.4, -0.2) is 32.1 Å². The molecule has 0 radical (unpaired) electrons. The first-order valence-corrected chi connectivity index (χ1v) is 10.9. The number of nitroso groups, excluding NO2 is 1. The summed E-state index contributed by atoms with van der Waals surface area (Å²) < 4.78 is 4.71. The SMILES string of the molecule is CC(C)(C)N(Cc1cc(Nc2ccnc3cc(Cl)ccc23)cc(-c2no[n+]([O-])c2/C=N/O)c1)N=O. The summed E-state index contributed by atoms with van der Waals surface area (Å²) in [7, 11) is 0. The first-order valence-electron chi connectivity index (χ1n) is 10.5. The zero-order chi connectivity index (χ0) is 25.2. The molecule has 0 unspecified atom stereocenters. The Morgan fingerprint density at radius 3 is 2.77 bits per heavy atom. The van der Waals surface area contributed by atoms with Crippen molar-refractivity contribution in [2.45, 2.75) is 32.9 Å². The lowest BCUT2D eigenvalue weighted by molar-refractivity contribution is -0.803. The number of nitrogens with one attached hydrogen (secondary N) is 1. The second-order valence-electron chi connectivity index (χ2n) is 8.78. The van der Waals surface area contributed by atoms with Gasteiger partial charge in [-0.15, -0.1) is 4.91 Å². The van der Waals surface area contributed by atoms with Crippen molar-refractivity contribution in [3.05, 3.63) is 75.1 Å². The Morgan fingerprint density at radius 1 is 1.26 bits per heavy atom. The van der Waals surface area contributed by atoms with Crippen molar-refractivity contribution in [2.24, 2.45) is 10.4 Å². The van der Waals surface area contributed by atoms with Gasteiger partial charge in [0.25, 0.3) is 5.69 Å². The molecule has 0 atom stereocenters. The van der Waals surface area contributed by atoms with Crippen LogP contribution in [0.25, 0.3) is 22.2 Å². The minimum atomic E-state index is -0.521. The lowest BCUT2D eigenvalue weighted by Crippen LogP contribution is -2.36. The molecule has 0 aliphatic rings. The molecule has 12 heteroatoms. The standard InChI is InChI=1S/C23H22ClN7O4/c1-23(2,3)30(29-33)13-14-8-15(22-21(12-26-32)31(34)35-28-22)10-17(9-14)27-19-6-7-25-20-11-16(24)4-5-18(19)20/h4-12,32H,13H2,1-3H3,(H,25,27)/b26-12+. The van der Waals surface area contributed by atoms with Crippen molar-refractivity contribution in [2.75, 3.05) is 5.32 Å². The van der Waals surface area contributed by atoms with Gasteiger partial charge in [0.2, 0.25) is 5.69 Å². The zero-order valence-corrected chi connectivity index (χ0v) is 19.9. The molecule has 0 saturated carbocycles. The van der Waals surface area contributed by atoms with Crippen LogP contribution in [0.3, 0.4) is 0 Å². The smallest absolute Gasteiger partial charge is 0.257 e. The van der Waals surface area contributed by atoms with E-state index >= 15 is 0 Å². The molecule has 4 rings (SSSR count). The van der Waals surface area contributed by atoms with Crippen molar-refractivity contribution in [3.63, 3.8) is 0 Å². The third-order valence-corrected chi connectivity index (χ3v) is 5.52. The summed E-state index contributed by atoms with van der Waals surface area (Å²) in [6.07, 6.45) is 2.60. The van der Waals surface area contributed by atoms with Crippen LogP contribution < -0.4 is 10.2 Å². The topological polar surface area (TPSA) is 143 Å². The maximum Gasteiger partial charge on any atom is 0.257 e. The van der Waals surface area contributed by atoms with Crippen LogP contribution in [0, 0.1) is 10.1 Å². The molecule has 2 aromatic heterocycles. The van der Waals surface area contributed by atoms with Gasteiger partial charge in [0.1, 0.15) is 6.21 Å². The maximum absolute atomic E-state index is 12.0. The highest BCUT2D eigenvalue weighted by atomic mass is 35.5. The fraction of sp³-hybridized carbons (Fsp3) is 0.217. The minimum absolute atomic E-state index is 0.0826. The molecule has 0 fully saturated rings. The second kappa shape index (κ2) is 9.55. The van der Waals surface area contributed by atoms with Gasteiger partial charge < -0.3 is 15.7 Å². The highest BCUT2D eigenvalue weighted by molar-refractivity contribution is 6.31. The van der Waals surface area contributed by atoms with Gasteiger partial charge in [-0.2, -0.15) is 0 Å². The first kappa shape index (κ1) is 23.9. The molecule has 2 N–H and O–H groups in total. The number of hydrogen-bond acceptors (Lipinski definition) is 9. The summed E-state index contributed by atoms with van der Waals surface area (Å²) in [5, 5.41) is 37.1. The molecule has 2 heterocycles. The maximum atomic E-state index is 12.0. The number of oxime groups is 1. The van der Waals surface area contributed by atoms with E-state index in [1.54, 1.807) is 30.5 Å². The van der Waals surface area contributed by atoms with Gasteiger partial charge in [-0.25, -0.2) is 0 Å². The van der Waals surface area contributed by atoms with Crippen LogP contribution >= 0.6 is 11.6 Å². The van der Waals surface area contributed by atoms with Gasteiger partial charge in [-0.1, -0.05) is 16.8 Å². The van der Waals surface area contributed by atoms with Gasteiger partial charge in [0.05, 0.1) is 22.9 Å². The molecule has 0 aliphatic carbocycles. The number of pyridine rings is 1. The average molecular weight is 496 g/mol.